The van der Waals surface area contributed by atoms with Crippen LogP contribution in [0.1, 0.15) is 15.9 Å². The molecule has 0 atom stereocenters. The van der Waals surface area contributed by atoms with E-state index in [1.807, 2.05) is 30.1 Å². The van der Waals surface area contributed by atoms with E-state index in [-0.39, 0.29) is 56.9 Å². The van der Waals surface area contributed by atoms with Gasteiger partial charge in [-0.05, 0) is 23.3 Å². The first-order valence-corrected chi connectivity index (χ1v) is 5.59. The molecule has 0 amide bonds. The molecule has 1 heterocycles. The van der Waals surface area contributed by atoms with Crippen molar-refractivity contribution >= 4 is 11.8 Å². The normalized spacial score (nSPS) is 9.53. The molecule has 2 aromatic rings. The third-order valence-corrected chi connectivity index (χ3v) is 2.65. The van der Waals surface area contributed by atoms with Gasteiger partial charge in [0, 0.05) is 19.8 Å². The molecule has 0 fully saturated rings. The fraction of sp³-hybridized carbons (Fsp3) is 0.143. The van der Waals surface area contributed by atoms with Gasteiger partial charge in [-0.2, -0.15) is 0 Å². The third-order valence-electron chi connectivity index (χ3n) is 2.65. The van der Waals surface area contributed by atoms with Crippen molar-refractivity contribution in [3.05, 3.63) is 59.8 Å². The van der Waals surface area contributed by atoms with Crippen LogP contribution >= 0.6 is 0 Å². The van der Waals surface area contributed by atoms with E-state index in [0.29, 0.717) is 6.54 Å². The van der Waals surface area contributed by atoms with Crippen LogP contribution in [0.2, 0.25) is 0 Å². The number of carbonyl (C=O) groups is 1. The van der Waals surface area contributed by atoms with E-state index in [9.17, 15) is 9.90 Å². The molecule has 92 valence electrons. The predicted octanol–water partition coefficient (Wildman–Crippen LogP) is -1.91. The van der Waals surface area contributed by atoms with Crippen molar-refractivity contribution in [3.63, 3.8) is 0 Å². The fourth-order valence-corrected chi connectivity index (χ4v) is 1.68. The summed E-state index contributed by atoms with van der Waals surface area (Å²) in [6, 6.07) is 12.4. The first kappa shape index (κ1) is 16.3. The van der Waals surface area contributed by atoms with E-state index >= 15 is 0 Å². The Balaban J connectivity index is 0.00000180. The second kappa shape index (κ2) is 7.77. The van der Waals surface area contributed by atoms with Gasteiger partial charge in [-0.25, -0.2) is 4.98 Å². The molecule has 0 aliphatic heterocycles. The number of carboxylic acid groups (broad SMARTS) is 1. The summed E-state index contributed by atoms with van der Waals surface area (Å²) in [5.74, 6) is -0.277. The molecule has 2 rings (SSSR count). The number of hydrogen-bond donors (Lipinski definition) is 0. The Hall–Kier alpha value is -0.724. The summed E-state index contributed by atoms with van der Waals surface area (Å²) in [6.07, 6.45) is 1.74. The van der Waals surface area contributed by atoms with Gasteiger partial charge in [-0.15, -0.1) is 0 Å². The number of nitrogens with zero attached hydrogens (tertiary/aromatic N) is 2. The number of rotatable bonds is 4. The molecule has 0 aliphatic carbocycles. The predicted molar refractivity (Wildman–Crippen MR) is 67.1 cm³/mol. The summed E-state index contributed by atoms with van der Waals surface area (Å²) in [6.45, 7) is 0.671. The first-order chi connectivity index (χ1) is 8.66. The maximum Gasteiger partial charge on any atom is 1.00 e. The molecule has 4 nitrogen and oxygen atoms in total. The van der Waals surface area contributed by atoms with Crippen LogP contribution in [0, 0.1) is 0 Å². The van der Waals surface area contributed by atoms with Crippen molar-refractivity contribution in [1.82, 2.24) is 4.98 Å². The van der Waals surface area contributed by atoms with Gasteiger partial charge in [-0.3, -0.25) is 0 Å². The first-order valence-electron chi connectivity index (χ1n) is 5.59. The van der Waals surface area contributed by atoms with Crippen LogP contribution in [0.5, 0.6) is 0 Å². The van der Waals surface area contributed by atoms with Crippen molar-refractivity contribution in [3.8, 4) is 0 Å². The molecule has 0 aliphatic rings. The zero-order valence-corrected chi connectivity index (χ0v) is 14.2. The molecule has 0 saturated carbocycles. The van der Waals surface area contributed by atoms with E-state index in [2.05, 4.69) is 4.98 Å². The summed E-state index contributed by atoms with van der Waals surface area (Å²) in [4.78, 5) is 16.9. The number of anilines is 1. The van der Waals surface area contributed by atoms with Crippen LogP contribution in [0.3, 0.4) is 0 Å². The van der Waals surface area contributed by atoms with Crippen molar-refractivity contribution in [1.29, 1.82) is 0 Å². The molecule has 0 unspecified atom stereocenters. The Morgan fingerprint density at radius 1 is 1.21 bits per heavy atom. The van der Waals surface area contributed by atoms with Gasteiger partial charge in [0.25, 0.3) is 0 Å². The third kappa shape index (κ3) is 4.70. The molecule has 0 spiro atoms. The minimum atomic E-state index is -1.15. The number of pyridine rings is 1. The molecule has 19 heavy (non-hydrogen) atoms. The molecule has 0 N–H and O–H groups in total. The molecule has 0 saturated heterocycles. The van der Waals surface area contributed by atoms with Crippen molar-refractivity contribution < 1.29 is 61.3 Å². The maximum absolute atomic E-state index is 10.6. The maximum atomic E-state index is 10.6. The molecular formula is C14H13KN2O2. The monoisotopic (exact) mass is 280 g/mol. The number of aromatic nitrogens is 1. The Morgan fingerprint density at radius 2 is 1.89 bits per heavy atom. The summed E-state index contributed by atoms with van der Waals surface area (Å²) < 4.78 is 0. The minimum Gasteiger partial charge on any atom is -0.545 e. The van der Waals surface area contributed by atoms with Crippen LogP contribution in [0.15, 0.2) is 48.7 Å². The van der Waals surface area contributed by atoms with Gasteiger partial charge in [0.2, 0.25) is 0 Å². The quantitative estimate of drug-likeness (QED) is 0.613. The molecule has 0 bridgehead atoms. The van der Waals surface area contributed by atoms with Gasteiger partial charge >= 0.3 is 51.4 Å². The largest absolute Gasteiger partial charge is 1.00 e. The number of benzene rings is 1. The Bertz CT molecular complexity index is 529. The van der Waals surface area contributed by atoms with Crippen LogP contribution in [-0.2, 0) is 6.54 Å². The van der Waals surface area contributed by atoms with Gasteiger partial charge < -0.3 is 14.8 Å². The molecule has 0 radical (unpaired) electrons. The van der Waals surface area contributed by atoms with Crippen molar-refractivity contribution in [2.24, 2.45) is 0 Å². The number of hydrogen-bond acceptors (Lipinski definition) is 4. The zero-order chi connectivity index (χ0) is 13.0. The number of carboxylic acids is 1. The number of carbonyl (C=O) groups excluding carboxylic acids is 1. The second-order valence-corrected chi connectivity index (χ2v) is 4.03. The van der Waals surface area contributed by atoms with E-state index in [0.717, 1.165) is 11.4 Å². The molecular weight excluding hydrogens is 267 g/mol. The van der Waals surface area contributed by atoms with Gasteiger partial charge in [0.05, 0.1) is 5.97 Å². The summed E-state index contributed by atoms with van der Waals surface area (Å²) in [5.41, 5.74) is 1.22. The zero-order valence-electron chi connectivity index (χ0n) is 11.0. The van der Waals surface area contributed by atoms with Crippen molar-refractivity contribution in [2.45, 2.75) is 6.54 Å². The van der Waals surface area contributed by atoms with Crippen LogP contribution in [-0.4, -0.2) is 18.0 Å². The summed E-state index contributed by atoms with van der Waals surface area (Å²) in [7, 11) is 1.94. The Kier molecular flexibility index (Phi) is 6.68. The van der Waals surface area contributed by atoms with E-state index in [1.54, 1.807) is 30.5 Å². The summed E-state index contributed by atoms with van der Waals surface area (Å²) >= 11 is 0. The fourth-order valence-electron chi connectivity index (χ4n) is 1.68. The van der Waals surface area contributed by atoms with Crippen molar-refractivity contribution in [2.75, 3.05) is 11.9 Å². The Morgan fingerprint density at radius 3 is 2.42 bits per heavy atom. The SMILES string of the molecule is CN(Cc1ccc(C(=O)[O-])cc1)c1ccccn1.[K+]. The van der Waals surface area contributed by atoms with Crippen LogP contribution in [0.4, 0.5) is 5.82 Å². The topological polar surface area (TPSA) is 56.3 Å². The van der Waals surface area contributed by atoms with Gasteiger partial charge in [0.1, 0.15) is 5.82 Å². The van der Waals surface area contributed by atoms with Gasteiger partial charge in [-0.1, -0.05) is 30.3 Å². The second-order valence-electron chi connectivity index (χ2n) is 4.03. The van der Waals surface area contributed by atoms with E-state index < -0.39 is 5.97 Å². The van der Waals surface area contributed by atoms with Gasteiger partial charge in [0.15, 0.2) is 0 Å². The number of aromatic carboxylic acids is 1. The smallest absolute Gasteiger partial charge is 0.545 e. The minimum absolute atomic E-state index is 0. The molecule has 1 aromatic heterocycles. The summed E-state index contributed by atoms with van der Waals surface area (Å²) in [5, 5.41) is 10.6. The average molecular weight is 280 g/mol. The Labute approximate surface area is 154 Å². The van der Waals surface area contributed by atoms with E-state index in [4.69, 9.17) is 0 Å². The standard InChI is InChI=1S/C14H14N2O2.K/c1-16(13-4-2-3-9-15-13)10-11-5-7-12(8-6-11)14(17)18;/h2-9H,10H2,1H3,(H,17,18);/q;+1/p-1. The van der Waals surface area contributed by atoms with Crippen LogP contribution < -0.4 is 61.4 Å². The van der Waals surface area contributed by atoms with E-state index in [1.165, 1.54) is 0 Å². The average Bonchev–Trinajstić information content (AvgIpc) is 2.40. The molecule has 5 heteroatoms. The molecule has 1 aromatic carbocycles. The van der Waals surface area contributed by atoms with Crippen LogP contribution in [0.25, 0.3) is 0 Å².